The molecule has 0 fully saturated rings. The number of halogens is 1. The summed E-state index contributed by atoms with van der Waals surface area (Å²) >= 11 is 6.28. The van der Waals surface area contributed by atoms with Gasteiger partial charge in [0.05, 0.1) is 23.4 Å². The minimum atomic E-state index is -0.309. The van der Waals surface area contributed by atoms with Crippen LogP contribution in [0.5, 0.6) is 5.75 Å². The monoisotopic (exact) mass is 498 g/mol. The van der Waals surface area contributed by atoms with Gasteiger partial charge in [-0.3, -0.25) is 10.2 Å². The molecule has 0 saturated carbocycles. The Morgan fingerprint density at radius 1 is 1.20 bits per heavy atom. The van der Waals surface area contributed by atoms with Crippen LogP contribution in [0.25, 0.3) is 11.3 Å². The van der Waals surface area contributed by atoms with Gasteiger partial charge in [0.25, 0.3) is 5.91 Å². The molecule has 0 atom stereocenters. The third-order valence-electron chi connectivity index (χ3n) is 5.36. The highest BCUT2D eigenvalue weighted by Crippen LogP contribution is 2.27. The van der Waals surface area contributed by atoms with Gasteiger partial charge in [-0.15, -0.1) is 0 Å². The molecule has 7 nitrogen and oxygen atoms in total. The number of hydrazine groups is 1. The number of ether oxygens (including phenoxy) is 1. The van der Waals surface area contributed by atoms with Crippen molar-refractivity contribution in [2.75, 3.05) is 13.2 Å². The molecule has 2 N–H and O–H groups in total. The molecule has 35 heavy (non-hydrogen) atoms. The van der Waals surface area contributed by atoms with Crippen LogP contribution >= 0.6 is 11.6 Å². The largest absolute Gasteiger partial charge is 0.489 e. The minimum Gasteiger partial charge on any atom is -0.489 e. The first-order chi connectivity index (χ1) is 16.5. The number of imidazole rings is 1. The fourth-order valence-corrected chi connectivity index (χ4v) is 4.02. The number of benzene rings is 2. The predicted octanol–water partition coefficient (Wildman–Crippen LogP) is 4.96. The first-order valence-corrected chi connectivity index (χ1v) is 12.1. The van der Waals surface area contributed by atoms with Gasteiger partial charge in [0, 0.05) is 42.9 Å². The smallest absolute Gasteiger partial charge is 0.265 e. The molecule has 0 spiro atoms. The maximum atomic E-state index is 12.8. The number of carbonyl (C=O) groups excluding carboxylic acids is 1. The normalized spacial score (nSPS) is 11.8. The van der Waals surface area contributed by atoms with E-state index in [1.54, 1.807) is 23.2 Å². The molecule has 3 aromatic rings. The molecule has 1 heterocycles. The molecule has 0 radical (unpaired) electrons. The van der Waals surface area contributed by atoms with Gasteiger partial charge in [-0.1, -0.05) is 56.6 Å². The number of hydrogen-bond acceptors (Lipinski definition) is 5. The lowest BCUT2D eigenvalue weighted by Gasteiger charge is -2.22. The molecular weight excluding hydrogens is 464 g/mol. The number of aryl methyl sites for hydroxylation is 1. The van der Waals surface area contributed by atoms with E-state index in [0.29, 0.717) is 22.9 Å². The van der Waals surface area contributed by atoms with Gasteiger partial charge in [-0.2, -0.15) is 0 Å². The van der Waals surface area contributed by atoms with E-state index in [1.807, 2.05) is 51.4 Å². The SMILES string of the molecule is CC(C)Oc1ccc(C(=O)NN(CCO)Cc2ccc(-c3cn(C)c(C(C)(C)C)n3)cc2)cc1Cl. The van der Waals surface area contributed by atoms with E-state index in [9.17, 15) is 9.90 Å². The summed E-state index contributed by atoms with van der Waals surface area (Å²) in [7, 11) is 2.01. The lowest BCUT2D eigenvalue weighted by Crippen LogP contribution is -2.43. The maximum absolute atomic E-state index is 12.8. The van der Waals surface area contributed by atoms with E-state index >= 15 is 0 Å². The molecule has 0 aliphatic carbocycles. The van der Waals surface area contributed by atoms with Gasteiger partial charge in [0.15, 0.2) is 0 Å². The minimum absolute atomic E-state index is 0.0168. The fraction of sp³-hybridized carbons (Fsp3) is 0.407. The van der Waals surface area contributed by atoms with E-state index in [0.717, 1.165) is 22.6 Å². The van der Waals surface area contributed by atoms with Gasteiger partial charge < -0.3 is 14.4 Å². The number of aromatic nitrogens is 2. The summed E-state index contributed by atoms with van der Waals surface area (Å²) in [6, 6.07) is 13.0. The van der Waals surface area contributed by atoms with E-state index in [4.69, 9.17) is 21.3 Å². The molecule has 3 rings (SSSR count). The molecule has 0 bridgehead atoms. The van der Waals surface area contributed by atoms with Crippen LogP contribution in [-0.4, -0.2) is 44.8 Å². The van der Waals surface area contributed by atoms with Crippen molar-refractivity contribution in [3.63, 3.8) is 0 Å². The zero-order valence-corrected chi connectivity index (χ0v) is 22.1. The van der Waals surface area contributed by atoms with Crippen LogP contribution in [0.15, 0.2) is 48.7 Å². The lowest BCUT2D eigenvalue weighted by atomic mass is 9.96. The number of aliphatic hydroxyl groups is 1. The topological polar surface area (TPSA) is 79.6 Å². The van der Waals surface area contributed by atoms with E-state index in [-0.39, 0.29) is 30.6 Å². The van der Waals surface area contributed by atoms with E-state index < -0.39 is 0 Å². The number of rotatable bonds is 9. The van der Waals surface area contributed by atoms with Gasteiger partial charge in [-0.25, -0.2) is 9.99 Å². The molecule has 0 saturated heterocycles. The van der Waals surface area contributed by atoms with Crippen LogP contribution < -0.4 is 10.2 Å². The van der Waals surface area contributed by atoms with Crippen molar-refractivity contribution in [3.8, 4) is 17.0 Å². The van der Waals surface area contributed by atoms with Crippen LogP contribution in [0.1, 0.15) is 56.4 Å². The summed E-state index contributed by atoms with van der Waals surface area (Å²) in [6.45, 7) is 10.9. The molecule has 0 aliphatic rings. The van der Waals surface area contributed by atoms with Crippen LogP contribution in [0, 0.1) is 0 Å². The van der Waals surface area contributed by atoms with Crippen LogP contribution in [0.4, 0.5) is 0 Å². The highest BCUT2D eigenvalue weighted by Gasteiger charge is 2.21. The van der Waals surface area contributed by atoms with Gasteiger partial charge in [0.1, 0.15) is 11.6 Å². The number of carbonyl (C=O) groups is 1. The first kappa shape index (κ1) is 26.7. The number of nitrogens with one attached hydrogen (secondary N) is 1. The predicted molar refractivity (Wildman–Crippen MR) is 140 cm³/mol. The molecule has 1 aromatic heterocycles. The summed E-state index contributed by atoms with van der Waals surface area (Å²) in [5, 5.41) is 11.6. The average Bonchev–Trinajstić information content (AvgIpc) is 3.17. The quantitative estimate of drug-likeness (QED) is 0.407. The molecule has 188 valence electrons. The Hall–Kier alpha value is -2.87. The standard InChI is InChI=1S/C27H35ClN4O3/c1-18(2)35-24-12-11-21(15-22(24)28)25(34)30-32(13-14-33)16-19-7-9-20(10-8-19)23-17-31(6)26(29-23)27(3,4)5/h7-12,15,17-18,33H,13-14,16H2,1-6H3,(H,30,34). The second-order valence-corrected chi connectivity index (χ2v) is 10.3. The summed E-state index contributed by atoms with van der Waals surface area (Å²) in [4.78, 5) is 17.6. The Balaban J connectivity index is 1.69. The maximum Gasteiger partial charge on any atom is 0.265 e. The zero-order valence-electron chi connectivity index (χ0n) is 21.3. The van der Waals surface area contributed by atoms with E-state index in [2.05, 4.69) is 30.8 Å². The second-order valence-electron chi connectivity index (χ2n) is 9.91. The van der Waals surface area contributed by atoms with Crippen molar-refractivity contribution in [2.45, 2.75) is 52.7 Å². The third-order valence-corrected chi connectivity index (χ3v) is 5.65. The van der Waals surface area contributed by atoms with Crippen molar-refractivity contribution in [3.05, 3.63) is 70.6 Å². The molecular formula is C27H35ClN4O3. The summed E-state index contributed by atoms with van der Waals surface area (Å²) in [5.74, 6) is 1.25. The molecule has 0 aliphatic heterocycles. The number of hydrogen-bond donors (Lipinski definition) is 2. The fourth-order valence-electron chi connectivity index (χ4n) is 3.80. The van der Waals surface area contributed by atoms with Crippen molar-refractivity contribution < 1.29 is 14.6 Å². The summed E-state index contributed by atoms with van der Waals surface area (Å²) in [6.07, 6.45) is 2.02. The van der Waals surface area contributed by atoms with Crippen LogP contribution in [-0.2, 0) is 19.0 Å². The van der Waals surface area contributed by atoms with E-state index in [1.165, 1.54) is 0 Å². The third kappa shape index (κ3) is 7.07. The average molecular weight is 499 g/mol. The van der Waals surface area contributed by atoms with Crippen LogP contribution in [0.2, 0.25) is 5.02 Å². The Morgan fingerprint density at radius 3 is 2.43 bits per heavy atom. The number of aliphatic hydroxyl groups excluding tert-OH is 1. The Kier molecular flexibility index (Phi) is 8.59. The molecule has 0 unspecified atom stereocenters. The first-order valence-electron chi connectivity index (χ1n) is 11.7. The Morgan fingerprint density at radius 2 is 1.89 bits per heavy atom. The zero-order chi connectivity index (χ0) is 25.8. The summed E-state index contributed by atoms with van der Waals surface area (Å²) in [5.41, 5.74) is 6.17. The van der Waals surface area contributed by atoms with Crippen molar-refractivity contribution in [2.24, 2.45) is 7.05 Å². The molecule has 2 aromatic carbocycles. The second kappa shape index (κ2) is 11.2. The molecule has 8 heteroatoms. The molecule has 1 amide bonds. The van der Waals surface area contributed by atoms with Crippen molar-refractivity contribution in [1.29, 1.82) is 0 Å². The Labute approximate surface area is 212 Å². The van der Waals surface area contributed by atoms with Crippen molar-refractivity contribution in [1.82, 2.24) is 20.0 Å². The summed E-state index contributed by atoms with van der Waals surface area (Å²) < 4.78 is 7.70. The van der Waals surface area contributed by atoms with Crippen LogP contribution in [0.3, 0.4) is 0 Å². The number of amides is 1. The van der Waals surface area contributed by atoms with Gasteiger partial charge in [-0.05, 0) is 37.6 Å². The Bertz CT molecular complexity index is 1150. The number of nitrogens with zero attached hydrogens (tertiary/aromatic N) is 3. The lowest BCUT2D eigenvalue weighted by molar-refractivity contribution is 0.0732. The van der Waals surface area contributed by atoms with Crippen molar-refractivity contribution >= 4 is 17.5 Å². The highest BCUT2D eigenvalue weighted by molar-refractivity contribution is 6.32. The van der Waals surface area contributed by atoms with Gasteiger partial charge in [0.2, 0.25) is 0 Å². The highest BCUT2D eigenvalue weighted by atomic mass is 35.5. The van der Waals surface area contributed by atoms with Gasteiger partial charge >= 0.3 is 0 Å².